The summed E-state index contributed by atoms with van der Waals surface area (Å²) in [4.78, 5) is 0. The van der Waals surface area contributed by atoms with Crippen LogP contribution in [0.15, 0.2) is 24.3 Å². The van der Waals surface area contributed by atoms with Crippen molar-refractivity contribution in [1.82, 2.24) is 0 Å². The first-order chi connectivity index (χ1) is 10.2. The summed E-state index contributed by atoms with van der Waals surface area (Å²) in [6, 6.07) is 5.86. The van der Waals surface area contributed by atoms with Crippen LogP contribution in [0.4, 0.5) is 13.2 Å². The van der Waals surface area contributed by atoms with Gasteiger partial charge < -0.3 is 13.3 Å². The van der Waals surface area contributed by atoms with Crippen molar-refractivity contribution in [3.05, 3.63) is 35.4 Å². The lowest BCUT2D eigenvalue weighted by atomic mass is 10.1. The Morgan fingerprint density at radius 1 is 1.05 bits per heavy atom. The van der Waals surface area contributed by atoms with Gasteiger partial charge in [-0.1, -0.05) is 12.1 Å². The third-order valence-corrected chi connectivity index (χ3v) is 6.31. The summed E-state index contributed by atoms with van der Waals surface area (Å²) in [6.07, 6.45) is -2.91. The van der Waals surface area contributed by atoms with Crippen molar-refractivity contribution in [2.75, 3.05) is 14.2 Å². The minimum atomic E-state index is -4.29. The second-order valence-electron chi connectivity index (χ2n) is 5.31. The average Bonchev–Trinajstić information content (AvgIpc) is 2.45. The molecule has 0 atom stereocenters. The maximum Gasteiger partial charge on any atom is 0.500 e. The summed E-state index contributed by atoms with van der Waals surface area (Å²) >= 11 is 0. The molecule has 1 aromatic rings. The molecule has 1 rings (SSSR count). The number of rotatable bonds is 8. The first-order valence-electron chi connectivity index (χ1n) is 7.16. The van der Waals surface area contributed by atoms with E-state index >= 15 is 0 Å². The fourth-order valence-corrected chi connectivity index (χ4v) is 4.38. The van der Waals surface area contributed by atoms with E-state index in [1.807, 2.05) is 13.8 Å². The standard InChI is InChI=1S/C15H23F3O3Si/c1-12(2)21-22(19-3,20-4)11-5-6-13-7-9-14(10-8-13)15(16,17)18/h7-10,12H,5-6,11H2,1-4H3. The maximum atomic E-state index is 12.5. The predicted molar refractivity (Wildman–Crippen MR) is 80.6 cm³/mol. The van der Waals surface area contributed by atoms with E-state index in [9.17, 15) is 13.2 Å². The van der Waals surface area contributed by atoms with Crippen LogP contribution in [0.25, 0.3) is 0 Å². The third kappa shape index (κ3) is 5.72. The van der Waals surface area contributed by atoms with E-state index in [4.69, 9.17) is 13.3 Å². The molecule has 0 unspecified atom stereocenters. The highest BCUT2D eigenvalue weighted by Gasteiger charge is 2.39. The third-order valence-electron chi connectivity index (χ3n) is 3.27. The van der Waals surface area contributed by atoms with Crippen molar-refractivity contribution in [1.29, 1.82) is 0 Å². The van der Waals surface area contributed by atoms with Gasteiger partial charge in [-0.3, -0.25) is 0 Å². The Hall–Kier alpha value is -0.893. The first-order valence-corrected chi connectivity index (χ1v) is 9.10. The Balaban J connectivity index is 2.58. The summed E-state index contributed by atoms with van der Waals surface area (Å²) in [5.74, 6) is 0. The fourth-order valence-electron chi connectivity index (χ4n) is 2.17. The van der Waals surface area contributed by atoms with Crippen LogP contribution in [0.3, 0.4) is 0 Å². The predicted octanol–water partition coefficient (Wildman–Crippen LogP) is 4.29. The normalized spacial score (nSPS) is 12.9. The van der Waals surface area contributed by atoms with E-state index in [0.29, 0.717) is 12.5 Å². The molecule has 0 amide bonds. The molecule has 0 saturated heterocycles. The first kappa shape index (κ1) is 19.2. The van der Waals surface area contributed by atoms with E-state index in [2.05, 4.69) is 0 Å². The largest absolute Gasteiger partial charge is 0.500 e. The Morgan fingerprint density at radius 2 is 1.59 bits per heavy atom. The number of aryl methyl sites for hydroxylation is 1. The molecule has 126 valence electrons. The van der Waals surface area contributed by atoms with Crippen LogP contribution in [-0.4, -0.2) is 29.1 Å². The zero-order valence-corrected chi connectivity index (χ0v) is 14.4. The van der Waals surface area contributed by atoms with Gasteiger partial charge in [-0.05, 0) is 44.4 Å². The molecule has 0 N–H and O–H groups in total. The van der Waals surface area contributed by atoms with E-state index in [1.165, 1.54) is 12.1 Å². The van der Waals surface area contributed by atoms with Gasteiger partial charge in [0.15, 0.2) is 0 Å². The SMILES string of the molecule is CO[Si](CCCc1ccc(C(F)(F)F)cc1)(OC)OC(C)C. The highest BCUT2D eigenvalue weighted by Crippen LogP contribution is 2.29. The van der Waals surface area contributed by atoms with Crippen molar-refractivity contribution in [3.8, 4) is 0 Å². The van der Waals surface area contributed by atoms with Gasteiger partial charge in [0.2, 0.25) is 0 Å². The minimum Gasteiger partial charge on any atom is -0.377 e. The number of hydrogen-bond acceptors (Lipinski definition) is 3. The topological polar surface area (TPSA) is 27.7 Å². The smallest absolute Gasteiger partial charge is 0.377 e. The summed E-state index contributed by atoms with van der Waals surface area (Å²) in [5.41, 5.74) is 0.226. The van der Waals surface area contributed by atoms with Crippen LogP contribution < -0.4 is 0 Å². The number of halogens is 3. The molecule has 0 spiro atoms. The van der Waals surface area contributed by atoms with Gasteiger partial charge in [0.1, 0.15) is 0 Å². The molecule has 0 aliphatic heterocycles. The Morgan fingerprint density at radius 3 is 2.00 bits per heavy atom. The molecule has 0 fully saturated rings. The van der Waals surface area contributed by atoms with Crippen molar-refractivity contribution < 1.29 is 26.4 Å². The quantitative estimate of drug-likeness (QED) is 0.663. The molecule has 7 heteroatoms. The lowest BCUT2D eigenvalue weighted by Gasteiger charge is -2.28. The van der Waals surface area contributed by atoms with Crippen molar-refractivity contribution in [2.24, 2.45) is 0 Å². The van der Waals surface area contributed by atoms with Crippen molar-refractivity contribution >= 4 is 8.80 Å². The zero-order chi connectivity index (χ0) is 16.8. The Kier molecular flexibility index (Phi) is 7.05. The van der Waals surface area contributed by atoms with Gasteiger partial charge in [-0.25, -0.2) is 0 Å². The summed E-state index contributed by atoms with van der Waals surface area (Å²) in [7, 11) is 0.450. The zero-order valence-electron chi connectivity index (χ0n) is 13.4. The molecule has 0 aromatic heterocycles. The van der Waals surface area contributed by atoms with Gasteiger partial charge >= 0.3 is 15.0 Å². The van der Waals surface area contributed by atoms with E-state index in [1.54, 1.807) is 14.2 Å². The highest BCUT2D eigenvalue weighted by molar-refractivity contribution is 6.60. The Bertz CT molecular complexity index is 442. The lowest BCUT2D eigenvalue weighted by Crippen LogP contribution is -2.45. The number of hydrogen-bond donors (Lipinski definition) is 0. The van der Waals surface area contributed by atoms with E-state index < -0.39 is 20.5 Å². The van der Waals surface area contributed by atoms with Crippen LogP contribution in [0.1, 0.15) is 31.4 Å². The molecular weight excluding hydrogens is 313 g/mol. The van der Waals surface area contributed by atoms with Crippen LogP contribution in [0.2, 0.25) is 6.04 Å². The van der Waals surface area contributed by atoms with Crippen molar-refractivity contribution in [2.45, 2.75) is 45.0 Å². The number of alkyl halides is 3. The molecular formula is C15H23F3O3Si. The van der Waals surface area contributed by atoms with Crippen molar-refractivity contribution in [3.63, 3.8) is 0 Å². The van der Waals surface area contributed by atoms with E-state index in [-0.39, 0.29) is 6.10 Å². The van der Waals surface area contributed by atoms with Gasteiger partial charge in [-0.2, -0.15) is 13.2 Å². The molecule has 3 nitrogen and oxygen atoms in total. The monoisotopic (exact) mass is 336 g/mol. The second kappa shape index (κ2) is 8.10. The minimum absolute atomic E-state index is 0.00219. The second-order valence-corrected chi connectivity index (χ2v) is 8.22. The molecule has 0 aliphatic carbocycles. The summed E-state index contributed by atoms with van der Waals surface area (Å²) in [5, 5.41) is 0. The van der Waals surface area contributed by atoms with Crippen LogP contribution in [0.5, 0.6) is 0 Å². The molecule has 0 heterocycles. The molecule has 0 aliphatic rings. The molecule has 0 saturated carbocycles. The average molecular weight is 336 g/mol. The highest BCUT2D eigenvalue weighted by atomic mass is 28.4. The van der Waals surface area contributed by atoms with Gasteiger partial charge in [0, 0.05) is 26.4 Å². The fraction of sp³-hybridized carbons (Fsp3) is 0.600. The maximum absolute atomic E-state index is 12.5. The van der Waals surface area contributed by atoms with Crippen LogP contribution in [0, 0.1) is 0 Å². The molecule has 0 radical (unpaired) electrons. The number of benzene rings is 1. The molecule has 1 aromatic carbocycles. The molecule has 0 bridgehead atoms. The van der Waals surface area contributed by atoms with Gasteiger partial charge in [0.05, 0.1) is 5.56 Å². The van der Waals surface area contributed by atoms with Gasteiger partial charge in [-0.15, -0.1) is 0 Å². The van der Waals surface area contributed by atoms with Crippen LogP contribution >= 0.6 is 0 Å². The summed E-state index contributed by atoms with van der Waals surface area (Å²) < 4.78 is 54.2. The van der Waals surface area contributed by atoms with Crippen LogP contribution in [-0.2, 0) is 25.9 Å². The Labute approximate surface area is 130 Å². The van der Waals surface area contributed by atoms with E-state index in [0.717, 1.165) is 24.1 Å². The van der Waals surface area contributed by atoms with Gasteiger partial charge in [0.25, 0.3) is 0 Å². The molecule has 22 heavy (non-hydrogen) atoms. The lowest BCUT2D eigenvalue weighted by molar-refractivity contribution is -0.137. The summed E-state index contributed by atoms with van der Waals surface area (Å²) in [6.45, 7) is 3.82.